The van der Waals surface area contributed by atoms with Gasteiger partial charge in [-0.15, -0.1) is 0 Å². The fourth-order valence-electron chi connectivity index (χ4n) is 2.30. The fraction of sp³-hybridized carbons (Fsp3) is 0.769. The van der Waals surface area contributed by atoms with E-state index in [1.54, 1.807) is 0 Å². The number of aryl methyl sites for hydroxylation is 1. The number of hydrogen-bond acceptors (Lipinski definition) is 3. The second-order valence-electron chi connectivity index (χ2n) is 4.75. The van der Waals surface area contributed by atoms with Crippen LogP contribution >= 0.6 is 0 Å². The first-order chi connectivity index (χ1) is 8.36. The molecular formula is C13H23N3O. The SMILES string of the molecule is Cn1ccnc1CCOCCC1CCCCN1. The van der Waals surface area contributed by atoms with Crippen LogP contribution in [0.25, 0.3) is 0 Å². The van der Waals surface area contributed by atoms with E-state index in [1.165, 1.54) is 25.8 Å². The second-order valence-corrected chi connectivity index (χ2v) is 4.75. The molecule has 4 nitrogen and oxygen atoms in total. The predicted octanol–water partition coefficient (Wildman–Crippen LogP) is 1.51. The quantitative estimate of drug-likeness (QED) is 0.762. The van der Waals surface area contributed by atoms with Crippen molar-refractivity contribution in [2.45, 2.75) is 38.1 Å². The topological polar surface area (TPSA) is 39.1 Å². The van der Waals surface area contributed by atoms with Crippen molar-refractivity contribution in [1.29, 1.82) is 0 Å². The van der Waals surface area contributed by atoms with E-state index >= 15 is 0 Å². The monoisotopic (exact) mass is 237 g/mol. The van der Waals surface area contributed by atoms with Gasteiger partial charge in [0.25, 0.3) is 0 Å². The van der Waals surface area contributed by atoms with Gasteiger partial charge in [0.05, 0.1) is 6.61 Å². The molecule has 2 rings (SSSR count). The third-order valence-electron chi connectivity index (χ3n) is 3.41. The highest BCUT2D eigenvalue weighted by Crippen LogP contribution is 2.09. The summed E-state index contributed by atoms with van der Waals surface area (Å²) in [6, 6.07) is 0.678. The predicted molar refractivity (Wildman–Crippen MR) is 68.0 cm³/mol. The van der Waals surface area contributed by atoms with E-state index in [4.69, 9.17) is 4.74 Å². The molecule has 96 valence electrons. The summed E-state index contributed by atoms with van der Waals surface area (Å²) in [5.74, 6) is 1.10. The lowest BCUT2D eigenvalue weighted by molar-refractivity contribution is 0.122. The molecule has 0 amide bonds. The Morgan fingerprint density at radius 2 is 2.41 bits per heavy atom. The van der Waals surface area contributed by atoms with Gasteiger partial charge in [-0.25, -0.2) is 4.98 Å². The number of piperidine rings is 1. The Bertz CT molecular complexity index is 318. The zero-order chi connectivity index (χ0) is 11.9. The maximum absolute atomic E-state index is 5.67. The molecule has 17 heavy (non-hydrogen) atoms. The number of nitrogens with one attached hydrogen (secondary N) is 1. The highest BCUT2D eigenvalue weighted by atomic mass is 16.5. The Balaban J connectivity index is 1.53. The standard InChI is InChI=1S/C13H23N3O/c1-16-9-8-15-13(16)6-11-17-10-5-12-4-2-3-7-14-12/h8-9,12,14H,2-7,10-11H2,1H3. The largest absolute Gasteiger partial charge is 0.381 e. The average molecular weight is 237 g/mol. The van der Waals surface area contributed by atoms with E-state index in [1.807, 2.05) is 24.0 Å². The van der Waals surface area contributed by atoms with Crippen LogP contribution < -0.4 is 5.32 Å². The number of rotatable bonds is 6. The normalized spacial score (nSPS) is 20.6. The maximum Gasteiger partial charge on any atom is 0.110 e. The summed E-state index contributed by atoms with van der Waals surface area (Å²) in [5, 5.41) is 3.54. The van der Waals surface area contributed by atoms with Crippen molar-refractivity contribution in [2.75, 3.05) is 19.8 Å². The Morgan fingerprint density at radius 1 is 1.47 bits per heavy atom. The minimum Gasteiger partial charge on any atom is -0.381 e. The molecule has 0 radical (unpaired) electrons. The van der Waals surface area contributed by atoms with Crippen LogP contribution in [0.15, 0.2) is 12.4 Å². The zero-order valence-corrected chi connectivity index (χ0v) is 10.7. The lowest BCUT2D eigenvalue weighted by atomic mass is 10.0. The van der Waals surface area contributed by atoms with Gasteiger partial charge in [-0.3, -0.25) is 0 Å². The summed E-state index contributed by atoms with van der Waals surface area (Å²) in [4.78, 5) is 4.27. The summed E-state index contributed by atoms with van der Waals surface area (Å²) < 4.78 is 7.72. The van der Waals surface area contributed by atoms with Gasteiger partial charge in [-0.1, -0.05) is 6.42 Å². The van der Waals surface area contributed by atoms with Gasteiger partial charge in [-0.2, -0.15) is 0 Å². The summed E-state index contributed by atoms with van der Waals surface area (Å²) >= 11 is 0. The van der Waals surface area contributed by atoms with E-state index in [2.05, 4.69) is 10.3 Å². The molecule has 1 saturated heterocycles. The molecule has 1 N–H and O–H groups in total. The second kappa shape index (κ2) is 6.77. The van der Waals surface area contributed by atoms with Crippen LogP contribution in [0.1, 0.15) is 31.5 Å². The number of ether oxygens (including phenoxy) is 1. The average Bonchev–Trinajstić information content (AvgIpc) is 2.76. The van der Waals surface area contributed by atoms with Gasteiger partial charge in [0.1, 0.15) is 5.82 Å². The third-order valence-corrected chi connectivity index (χ3v) is 3.41. The van der Waals surface area contributed by atoms with Gasteiger partial charge >= 0.3 is 0 Å². The Morgan fingerprint density at radius 3 is 3.12 bits per heavy atom. The van der Waals surface area contributed by atoms with Crippen molar-refractivity contribution >= 4 is 0 Å². The van der Waals surface area contributed by atoms with Crippen LogP contribution in [0.4, 0.5) is 0 Å². The van der Waals surface area contributed by atoms with Gasteiger partial charge in [-0.05, 0) is 25.8 Å². The van der Waals surface area contributed by atoms with Crippen molar-refractivity contribution in [3.8, 4) is 0 Å². The number of aromatic nitrogens is 2. The van der Waals surface area contributed by atoms with Crippen molar-refractivity contribution in [2.24, 2.45) is 7.05 Å². The van der Waals surface area contributed by atoms with Gasteiger partial charge in [0.15, 0.2) is 0 Å². The lowest BCUT2D eigenvalue weighted by Gasteiger charge is -2.23. The van der Waals surface area contributed by atoms with Crippen LogP contribution in [0.2, 0.25) is 0 Å². The molecule has 0 aliphatic carbocycles. The fourth-order valence-corrected chi connectivity index (χ4v) is 2.30. The number of nitrogens with zero attached hydrogens (tertiary/aromatic N) is 2. The van der Waals surface area contributed by atoms with Gasteiger partial charge in [0.2, 0.25) is 0 Å². The van der Waals surface area contributed by atoms with Crippen molar-refractivity contribution < 1.29 is 4.74 Å². The Kier molecular flexibility index (Phi) is 5.01. The minimum absolute atomic E-state index is 0.678. The number of imidazole rings is 1. The first-order valence-electron chi connectivity index (χ1n) is 6.63. The zero-order valence-electron chi connectivity index (χ0n) is 10.7. The Labute approximate surface area is 103 Å². The molecule has 1 aliphatic heterocycles. The van der Waals surface area contributed by atoms with E-state index in [0.717, 1.165) is 31.9 Å². The van der Waals surface area contributed by atoms with Crippen molar-refractivity contribution in [3.63, 3.8) is 0 Å². The van der Waals surface area contributed by atoms with Crippen molar-refractivity contribution in [1.82, 2.24) is 14.9 Å². The summed E-state index contributed by atoms with van der Waals surface area (Å²) in [6.07, 6.45) is 9.86. The smallest absolute Gasteiger partial charge is 0.110 e. The molecule has 0 bridgehead atoms. The van der Waals surface area contributed by atoms with Gasteiger partial charge in [0, 0.05) is 38.5 Å². The summed E-state index contributed by atoms with van der Waals surface area (Å²) in [7, 11) is 2.02. The molecule has 0 spiro atoms. The minimum atomic E-state index is 0.678. The van der Waals surface area contributed by atoms with Crippen LogP contribution in [0, 0.1) is 0 Å². The van der Waals surface area contributed by atoms with Crippen LogP contribution in [0.5, 0.6) is 0 Å². The molecule has 0 aromatic carbocycles. The maximum atomic E-state index is 5.67. The first kappa shape index (κ1) is 12.6. The van der Waals surface area contributed by atoms with Crippen LogP contribution in [-0.2, 0) is 18.2 Å². The van der Waals surface area contributed by atoms with Crippen LogP contribution in [-0.4, -0.2) is 35.4 Å². The lowest BCUT2D eigenvalue weighted by Crippen LogP contribution is -2.34. The highest BCUT2D eigenvalue weighted by Gasteiger charge is 2.11. The Hall–Kier alpha value is -0.870. The van der Waals surface area contributed by atoms with E-state index in [-0.39, 0.29) is 0 Å². The van der Waals surface area contributed by atoms with Crippen molar-refractivity contribution in [3.05, 3.63) is 18.2 Å². The van der Waals surface area contributed by atoms with E-state index in [9.17, 15) is 0 Å². The van der Waals surface area contributed by atoms with E-state index < -0.39 is 0 Å². The molecule has 4 heteroatoms. The van der Waals surface area contributed by atoms with E-state index in [0.29, 0.717) is 6.04 Å². The molecule has 2 heterocycles. The molecule has 0 saturated carbocycles. The summed E-state index contributed by atoms with van der Waals surface area (Å²) in [5.41, 5.74) is 0. The molecular weight excluding hydrogens is 214 g/mol. The molecule has 1 fully saturated rings. The molecule has 1 aromatic rings. The van der Waals surface area contributed by atoms with Crippen LogP contribution in [0.3, 0.4) is 0 Å². The molecule has 1 aromatic heterocycles. The first-order valence-corrected chi connectivity index (χ1v) is 6.63. The third kappa shape index (κ3) is 4.13. The molecule has 1 aliphatic rings. The highest BCUT2D eigenvalue weighted by molar-refractivity contribution is 4.90. The molecule has 1 atom stereocenters. The van der Waals surface area contributed by atoms with Gasteiger partial charge < -0.3 is 14.6 Å². The summed E-state index contributed by atoms with van der Waals surface area (Å²) in [6.45, 7) is 2.82. The number of hydrogen-bond donors (Lipinski definition) is 1. The molecule has 1 unspecified atom stereocenters.